The minimum atomic E-state index is -3.46. The number of hydrogen-bond donors (Lipinski definition) is 0. The van der Waals surface area contributed by atoms with Crippen molar-refractivity contribution >= 4 is 15.6 Å². The van der Waals surface area contributed by atoms with E-state index in [1.807, 2.05) is 6.92 Å². The summed E-state index contributed by atoms with van der Waals surface area (Å²) in [4.78, 5) is 12.4. The Morgan fingerprint density at radius 2 is 2.00 bits per heavy atom. The lowest BCUT2D eigenvalue weighted by atomic mass is 9.97. The van der Waals surface area contributed by atoms with E-state index in [-0.39, 0.29) is 11.9 Å². The summed E-state index contributed by atoms with van der Waals surface area (Å²) < 4.78 is 27.6. The molecular weight excluding hydrogens is 264 g/mol. The zero-order valence-electron chi connectivity index (χ0n) is 11.6. The molecule has 0 amide bonds. The topological polar surface area (TPSA) is 60.4 Å². The standard InChI is InChI=1S/C14H18O4S/c1-9-7-11-8-10(5-6-12(11)18-9)13(15)14(2,3)19(4,16)17/h5-6,8-9H,7H2,1-4H3. The van der Waals surface area contributed by atoms with Gasteiger partial charge in [0.2, 0.25) is 0 Å². The summed E-state index contributed by atoms with van der Waals surface area (Å²) in [6.45, 7) is 4.84. The summed E-state index contributed by atoms with van der Waals surface area (Å²) in [6.07, 6.45) is 1.93. The van der Waals surface area contributed by atoms with Crippen LogP contribution in [-0.4, -0.2) is 31.3 Å². The molecule has 5 heteroatoms. The second-order valence-corrected chi connectivity index (χ2v) is 8.13. The third kappa shape index (κ3) is 2.39. The fourth-order valence-corrected chi connectivity index (χ4v) is 2.53. The van der Waals surface area contributed by atoms with Crippen LogP contribution in [0.4, 0.5) is 0 Å². The number of Topliss-reactive ketones (excluding diaryl/α,β-unsaturated/α-hetero) is 1. The minimum absolute atomic E-state index is 0.100. The molecule has 1 aromatic carbocycles. The molecule has 104 valence electrons. The van der Waals surface area contributed by atoms with Crippen molar-refractivity contribution < 1.29 is 17.9 Å². The predicted molar refractivity (Wildman–Crippen MR) is 73.5 cm³/mol. The van der Waals surface area contributed by atoms with E-state index < -0.39 is 14.6 Å². The molecule has 1 heterocycles. The Bertz CT molecular complexity index is 629. The molecule has 1 aliphatic heterocycles. The van der Waals surface area contributed by atoms with Crippen LogP contribution in [0.25, 0.3) is 0 Å². The molecular formula is C14H18O4S. The van der Waals surface area contributed by atoms with Crippen molar-refractivity contribution in [1.29, 1.82) is 0 Å². The maximum atomic E-state index is 12.4. The molecule has 1 unspecified atom stereocenters. The second-order valence-electron chi connectivity index (χ2n) is 5.57. The van der Waals surface area contributed by atoms with E-state index in [9.17, 15) is 13.2 Å². The van der Waals surface area contributed by atoms with Gasteiger partial charge in [-0.1, -0.05) is 0 Å². The molecule has 1 aromatic rings. The van der Waals surface area contributed by atoms with E-state index in [1.165, 1.54) is 13.8 Å². The van der Waals surface area contributed by atoms with Crippen molar-refractivity contribution in [3.05, 3.63) is 29.3 Å². The van der Waals surface area contributed by atoms with Crippen LogP contribution in [0.3, 0.4) is 0 Å². The Labute approximate surface area is 113 Å². The highest BCUT2D eigenvalue weighted by Crippen LogP contribution is 2.31. The molecule has 0 saturated heterocycles. The van der Waals surface area contributed by atoms with Gasteiger partial charge in [0.1, 0.15) is 16.6 Å². The van der Waals surface area contributed by atoms with Crippen LogP contribution < -0.4 is 4.74 Å². The average molecular weight is 282 g/mol. The summed E-state index contributed by atoms with van der Waals surface area (Å²) in [5.74, 6) is 0.401. The smallest absolute Gasteiger partial charge is 0.183 e. The van der Waals surface area contributed by atoms with Crippen molar-refractivity contribution in [3.63, 3.8) is 0 Å². The third-order valence-electron chi connectivity index (χ3n) is 3.63. The van der Waals surface area contributed by atoms with Gasteiger partial charge >= 0.3 is 0 Å². The quantitative estimate of drug-likeness (QED) is 0.796. The number of ether oxygens (including phenoxy) is 1. The van der Waals surface area contributed by atoms with E-state index in [2.05, 4.69) is 0 Å². The van der Waals surface area contributed by atoms with Crippen LogP contribution >= 0.6 is 0 Å². The van der Waals surface area contributed by atoms with Gasteiger partial charge in [0.25, 0.3) is 0 Å². The summed E-state index contributed by atoms with van der Waals surface area (Å²) in [6, 6.07) is 5.12. The second kappa shape index (κ2) is 4.34. The molecule has 1 atom stereocenters. The van der Waals surface area contributed by atoms with Crippen LogP contribution in [0.5, 0.6) is 5.75 Å². The van der Waals surface area contributed by atoms with E-state index in [4.69, 9.17) is 4.74 Å². The largest absolute Gasteiger partial charge is 0.490 e. The maximum Gasteiger partial charge on any atom is 0.183 e. The average Bonchev–Trinajstić information content (AvgIpc) is 2.65. The maximum absolute atomic E-state index is 12.4. The number of fused-ring (bicyclic) bond motifs is 1. The fraction of sp³-hybridized carbons (Fsp3) is 0.500. The number of rotatable bonds is 3. The monoisotopic (exact) mass is 282 g/mol. The van der Waals surface area contributed by atoms with Gasteiger partial charge in [0.15, 0.2) is 15.6 Å². The van der Waals surface area contributed by atoms with Crippen LogP contribution in [-0.2, 0) is 16.3 Å². The van der Waals surface area contributed by atoms with Crippen molar-refractivity contribution in [2.24, 2.45) is 0 Å². The Kier molecular flexibility index (Phi) is 3.21. The molecule has 1 aliphatic rings. The van der Waals surface area contributed by atoms with E-state index in [0.29, 0.717) is 5.56 Å². The highest BCUT2D eigenvalue weighted by molar-refractivity contribution is 7.92. The van der Waals surface area contributed by atoms with Gasteiger partial charge < -0.3 is 4.74 Å². The zero-order valence-corrected chi connectivity index (χ0v) is 12.4. The number of benzene rings is 1. The molecule has 0 spiro atoms. The molecule has 0 aromatic heterocycles. The zero-order chi connectivity index (χ0) is 14.4. The molecule has 0 radical (unpaired) electrons. The molecule has 2 rings (SSSR count). The molecule has 0 bridgehead atoms. The van der Waals surface area contributed by atoms with Gasteiger partial charge in [-0.05, 0) is 44.5 Å². The Hall–Kier alpha value is -1.36. The van der Waals surface area contributed by atoms with Crippen molar-refractivity contribution in [1.82, 2.24) is 0 Å². The first-order valence-electron chi connectivity index (χ1n) is 6.17. The predicted octanol–water partition coefficient (Wildman–Crippen LogP) is 2.02. The summed E-state index contributed by atoms with van der Waals surface area (Å²) >= 11 is 0. The number of ketones is 1. The van der Waals surface area contributed by atoms with Crippen LogP contribution in [0.1, 0.15) is 36.7 Å². The number of carbonyl (C=O) groups excluding carboxylic acids is 1. The normalized spacial score (nSPS) is 18.8. The first-order valence-corrected chi connectivity index (χ1v) is 8.06. The lowest BCUT2D eigenvalue weighted by Gasteiger charge is -2.21. The third-order valence-corrected chi connectivity index (χ3v) is 5.67. The van der Waals surface area contributed by atoms with Gasteiger partial charge in [0, 0.05) is 18.2 Å². The Balaban J connectivity index is 2.40. The van der Waals surface area contributed by atoms with E-state index in [1.54, 1.807) is 18.2 Å². The van der Waals surface area contributed by atoms with Gasteiger partial charge in [0.05, 0.1) is 0 Å². The highest BCUT2D eigenvalue weighted by atomic mass is 32.2. The fourth-order valence-electron chi connectivity index (χ4n) is 2.08. The molecule has 19 heavy (non-hydrogen) atoms. The van der Waals surface area contributed by atoms with Crippen LogP contribution in [0.15, 0.2) is 18.2 Å². The Morgan fingerprint density at radius 3 is 2.58 bits per heavy atom. The number of hydrogen-bond acceptors (Lipinski definition) is 4. The van der Waals surface area contributed by atoms with Gasteiger partial charge in [-0.2, -0.15) is 0 Å². The summed E-state index contributed by atoms with van der Waals surface area (Å²) in [5.41, 5.74) is 1.38. The minimum Gasteiger partial charge on any atom is -0.490 e. The lowest BCUT2D eigenvalue weighted by Crippen LogP contribution is -2.39. The molecule has 0 saturated carbocycles. The first-order chi connectivity index (χ1) is 8.63. The van der Waals surface area contributed by atoms with Crippen molar-refractivity contribution in [3.8, 4) is 5.75 Å². The molecule has 0 aliphatic carbocycles. The van der Waals surface area contributed by atoms with Gasteiger partial charge in [-0.15, -0.1) is 0 Å². The van der Waals surface area contributed by atoms with Crippen molar-refractivity contribution in [2.45, 2.75) is 38.0 Å². The summed E-state index contributed by atoms with van der Waals surface area (Å²) in [5, 5.41) is 0. The van der Waals surface area contributed by atoms with Crippen LogP contribution in [0.2, 0.25) is 0 Å². The van der Waals surface area contributed by atoms with E-state index >= 15 is 0 Å². The SMILES string of the molecule is CC1Cc2cc(C(=O)C(C)(C)S(C)(=O)=O)ccc2O1. The summed E-state index contributed by atoms with van der Waals surface area (Å²) in [7, 11) is -3.46. The van der Waals surface area contributed by atoms with Gasteiger partial charge in [-0.25, -0.2) is 8.42 Å². The van der Waals surface area contributed by atoms with Crippen LogP contribution in [0, 0.1) is 0 Å². The first kappa shape index (κ1) is 14.1. The lowest BCUT2D eigenvalue weighted by molar-refractivity contribution is 0.0954. The highest BCUT2D eigenvalue weighted by Gasteiger charge is 2.39. The van der Waals surface area contributed by atoms with Crippen molar-refractivity contribution in [2.75, 3.05) is 6.26 Å². The Morgan fingerprint density at radius 1 is 1.37 bits per heavy atom. The number of carbonyl (C=O) groups is 1. The molecule has 0 N–H and O–H groups in total. The molecule has 0 fully saturated rings. The van der Waals surface area contributed by atoms with Gasteiger partial charge in [-0.3, -0.25) is 4.79 Å². The van der Waals surface area contributed by atoms with E-state index in [0.717, 1.165) is 24.0 Å². The molecule has 4 nitrogen and oxygen atoms in total. The number of sulfone groups is 1.